The first kappa shape index (κ1) is 31.6. The number of anilines is 1. The number of carbonyl (C=O) groups excluding carboxylic acids is 1. The van der Waals surface area contributed by atoms with E-state index in [1.165, 1.54) is 23.5 Å². The monoisotopic (exact) mass is 710 g/mol. The summed E-state index contributed by atoms with van der Waals surface area (Å²) < 4.78 is 14.3. The second kappa shape index (κ2) is 13.6. The number of thiazole rings is 1. The highest BCUT2D eigenvalue weighted by atomic mass is 79.9. The van der Waals surface area contributed by atoms with Crippen molar-refractivity contribution in [3.05, 3.63) is 159 Å². The molecule has 2 heterocycles. The fourth-order valence-corrected chi connectivity index (χ4v) is 6.65. The van der Waals surface area contributed by atoms with E-state index in [1.807, 2.05) is 48.5 Å². The van der Waals surface area contributed by atoms with Gasteiger partial charge in [-0.3, -0.25) is 24.3 Å². The Hall–Kier alpha value is -5.33. The number of aromatic nitrogens is 1. The summed E-state index contributed by atoms with van der Waals surface area (Å²) in [6, 6.07) is 27.2. The molecule has 47 heavy (non-hydrogen) atoms. The maximum absolute atomic E-state index is 14.2. The zero-order chi connectivity index (χ0) is 33.1. The van der Waals surface area contributed by atoms with E-state index in [2.05, 4.69) is 21.2 Å². The number of nitro groups is 1. The van der Waals surface area contributed by atoms with E-state index in [1.54, 1.807) is 61.1 Å². The number of benzene rings is 4. The number of allylic oxidation sites excluding steroid dienone is 1. The first-order valence-electron chi connectivity index (χ1n) is 14.4. The fourth-order valence-electron chi connectivity index (χ4n) is 5.24. The van der Waals surface area contributed by atoms with Crippen LogP contribution in [-0.4, -0.2) is 22.5 Å². The van der Waals surface area contributed by atoms with Crippen molar-refractivity contribution in [2.75, 3.05) is 12.4 Å². The van der Waals surface area contributed by atoms with Gasteiger partial charge in [-0.05, 0) is 78.7 Å². The van der Waals surface area contributed by atoms with Crippen LogP contribution in [0.3, 0.4) is 0 Å². The largest absolute Gasteiger partial charge is 0.497 e. The van der Waals surface area contributed by atoms with Crippen LogP contribution in [0.4, 0.5) is 11.4 Å². The lowest BCUT2D eigenvalue weighted by atomic mass is 9.95. The maximum atomic E-state index is 14.2. The normalized spacial score (nSPS) is 14.3. The van der Waals surface area contributed by atoms with Gasteiger partial charge in [0, 0.05) is 27.9 Å². The van der Waals surface area contributed by atoms with Crippen molar-refractivity contribution in [2.24, 2.45) is 4.99 Å². The number of rotatable bonds is 9. The van der Waals surface area contributed by atoms with Crippen LogP contribution in [0.15, 0.2) is 123 Å². The Bertz CT molecular complexity index is 2210. The van der Waals surface area contributed by atoms with Crippen molar-refractivity contribution < 1.29 is 19.2 Å². The van der Waals surface area contributed by atoms with Gasteiger partial charge in [0.05, 0.1) is 33.9 Å². The SMILES string of the molecule is COc1cccc([C@H]2C(C(=O)Nc3ccccc3)=C(C)N=c3s/c(=C\c4cc(Br)ccc4OCc4ccc([N+](=O)[O-])cc4)c(=O)n32)c1. The molecule has 5 aromatic rings. The molecule has 0 bridgehead atoms. The van der Waals surface area contributed by atoms with Crippen LogP contribution in [0.2, 0.25) is 0 Å². The Morgan fingerprint density at radius 2 is 1.83 bits per heavy atom. The smallest absolute Gasteiger partial charge is 0.271 e. The van der Waals surface area contributed by atoms with Crippen molar-refractivity contribution in [3.63, 3.8) is 0 Å². The molecule has 0 saturated heterocycles. The summed E-state index contributed by atoms with van der Waals surface area (Å²) in [5.41, 5.74) is 3.22. The molecule has 1 atom stereocenters. The Morgan fingerprint density at radius 3 is 2.55 bits per heavy atom. The molecule has 1 aliphatic rings. The zero-order valence-electron chi connectivity index (χ0n) is 25.2. The third-order valence-corrected chi connectivity index (χ3v) is 8.98. The zero-order valence-corrected chi connectivity index (χ0v) is 27.6. The number of non-ortho nitro benzene ring substituents is 1. The molecule has 0 saturated carbocycles. The Balaban J connectivity index is 1.42. The number of halogens is 1. The maximum Gasteiger partial charge on any atom is 0.271 e. The third-order valence-electron chi connectivity index (χ3n) is 7.51. The van der Waals surface area contributed by atoms with Crippen molar-refractivity contribution in [1.82, 2.24) is 4.57 Å². The van der Waals surface area contributed by atoms with Crippen LogP contribution in [0, 0.1) is 10.1 Å². The third kappa shape index (κ3) is 6.79. The molecule has 0 spiro atoms. The van der Waals surface area contributed by atoms with E-state index >= 15 is 0 Å². The van der Waals surface area contributed by atoms with Gasteiger partial charge in [0.2, 0.25) is 0 Å². The van der Waals surface area contributed by atoms with Gasteiger partial charge >= 0.3 is 0 Å². The lowest BCUT2D eigenvalue weighted by molar-refractivity contribution is -0.384. The van der Waals surface area contributed by atoms with Crippen LogP contribution in [0.25, 0.3) is 6.08 Å². The molecule has 236 valence electrons. The van der Waals surface area contributed by atoms with Crippen LogP contribution >= 0.6 is 27.3 Å². The predicted octanol–water partition coefficient (Wildman–Crippen LogP) is 6.13. The number of ether oxygens (including phenoxy) is 2. The van der Waals surface area contributed by atoms with E-state index < -0.39 is 11.0 Å². The van der Waals surface area contributed by atoms with E-state index in [-0.39, 0.29) is 23.8 Å². The van der Waals surface area contributed by atoms with Crippen LogP contribution in [0.5, 0.6) is 11.5 Å². The van der Waals surface area contributed by atoms with Crippen LogP contribution in [-0.2, 0) is 11.4 Å². The Kier molecular flexibility index (Phi) is 9.14. The molecule has 1 amide bonds. The van der Waals surface area contributed by atoms with E-state index in [4.69, 9.17) is 14.5 Å². The topological polar surface area (TPSA) is 125 Å². The summed E-state index contributed by atoms with van der Waals surface area (Å²) >= 11 is 4.73. The number of methoxy groups -OCH3 is 1. The highest BCUT2D eigenvalue weighted by Crippen LogP contribution is 2.32. The first-order chi connectivity index (χ1) is 22.7. The average molecular weight is 712 g/mol. The number of nitrogens with one attached hydrogen (secondary N) is 1. The molecule has 1 aromatic heterocycles. The van der Waals surface area contributed by atoms with Gasteiger partial charge in [-0.25, -0.2) is 4.99 Å². The Morgan fingerprint density at radius 1 is 1.06 bits per heavy atom. The molecule has 12 heteroatoms. The van der Waals surface area contributed by atoms with Gasteiger partial charge in [-0.1, -0.05) is 57.6 Å². The lowest BCUT2D eigenvalue weighted by Gasteiger charge is -2.25. The first-order valence-corrected chi connectivity index (χ1v) is 16.0. The summed E-state index contributed by atoms with van der Waals surface area (Å²) in [6.07, 6.45) is 1.74. The summed E-state index contributed by atoms with van der Waals surface area (Å²) in [5.74, 6) is 0.736. The summed E-state index contributed by atoms with van der Waals surface area (Å²) in [4.78, 5) is 43.8. The molecular weight excluding hydrogens is 684 g/mol. The number of fused-ring (bicyclic) bond motifs is 1. The minimum absolute atomic E-state index is 0.00310. The van der Waals surface area contributed by atoms with E-state index in [9.17, 15) is 19.7 Å². The average Bonchev–Trinajstić information content (AvgIpc) is 3.37. The highest BCUT2D eigenvalue weighted by molar-refractivity contribution is 9.10. The second-order valence-corrected chi connectivity index (χ2v) is 12.5. The summed E-state index contributed by atoms with van der Waals surface area (Å²) in [6.45, 7) is 1.93. The van der Waals surface area contributed by atoms with Gasteiger partial charge in [0.1, 0.15) is 18.1 Å². The van der Waals surface area contributed by atoms with Crippen molar-refractivity contribution in [1.29, 1.82) is 0 Å². The number of para-hydroxylation sites is 1. The van der Waals surface area contributed by atoms with Gasteiger partial charge < -0.3 is 14.8 Å². The highest BCUT2D eigenvalue weighted by Gasteiger charge is 2.33. The molecule has 6 rings (SSSR count). The molecule has 1 N–H and O–H groups in total. The minimum Gasteiger partial charge on any atom is -0.497 e. The quantitative estimate of drug-likeness (QED) is 0.145. The molecule has 0 aliphatic carbocycles. The number of nitro benzene ring substituents is 1. The minimum atomic E-state index is -0.771. The number of nitrogens with zero attached hydrogens (tertiary/aromatic N) is 3. The number of carbonyl (C=O) groups is 1. The van der Waals surface area contributed by atoms with E-state index in [0.717, 1.165) is 10.0 Å². The van der Waals surface area contributed by atoms with Crippen LogP contribution < -0.4 is 29.7 Å². The molecule has 10 nitrogen and oxygen atoms in total. The standard InChI is InChI=1S/C35H27BrN4O6S/c1-21-31(33(41)38-26-8-4-3-5-9-26)32(23-7-6-10-28(18-23)45-2)39-34(42)30(47-35(39)37-21)19-24-17-25(36)13-16-29(24)46-20-22-11-14-27(15-12-22)40(43)44/h3-19,32H,20H2,1-2H3,(H,38,41)/b30-19-/t32-/m0/s1. The van der Waals surface area contributed by atoms with E-state index in [0.29, 0.717) is 48.9 Å². The number of hydrogen-bond acceptors (Lipinski definition) is 8. The van der Waals surface area contributed by atoms with Gasteiger partial charge in [0.15, 0.2) is 4.80 Å². The predicted molar refractivity (Wildman–Crippen MR) is 183 cm³/mol. The number of amides is 1. The molecule has 0 unspecified atom stereocenters. The molecule has 0 fully saturated rings. The molecule has 1 aliphatic heterocycles. The second-order valence-electron chi connectivity index (χ2n) is 10.6. The fraction of sp³-hybridized carbons (Fsp3) is 0.114. The molecule has 4 aromatic carbocycles. The molecular formula is C35H27BrN4O6S. The van der Waals surface area contributed by atoms with Crippen molar-refractivity contribution >= 4 is 50.6 Å². The van der Waals surface area contributed by atoms with Gasteiger partial charge in [0.25, 0.3) is 17.2 Å². The van der Waals surface area contributed by atoms with Gasteiger partial charge in [-0.15, -0.1) is 0 Å². The number of hydrogen-bond donors (Lipinski definition) is 1. The van der Waals surface area contributed by atoms with Crippen molar-refractivity contribution in [2.45, 2.75) is 19.6 Å². The molecule has 0 radical (unpaired) electrons. The Labute approximate surface area is 281 Å². The van der Waals surface area contributed by atoms with Crippen LogP contribution in [0.1, 0.15) is 29.7 Å². The summed E-state index contributed by atoms with van der Waals surface area (Å²) in [5, 5.41) is 14.0. The van der Waals surface area contributed by atoms with Crippen molar-refractivity contribution in [3.8, 4) is 11.5 Å². The lowest BCUT2D eigenvalue weighted by Crippen LogP contribution is -2.40. The van der Waals surface area contributed by atoms with Gasteiger partial charge in [-0.2, -0.15) is 0 Å². The summed E-state index contributed by atoms with van der Waals surface area (Å²) in [7, 11) is 1.56.